The molecule has 0 saturated heterocycles. The summed E-state index contributed by atoms with van der Waals surface area (Å²) in [6.07, 6.45) is 0. The highest BCUT2D eigenvalue weighted by atomic mass is 32.2. The molecule has 5 heteroatoms. The van der Waals surface area contributed by atoms with Gasteiger partial charge in [0.15, 0.2) is 0 Å². The van der Waals surface area contributed by atoms with Gasteiger partial charge in [-0.3, -0.25) is 4.72 Å². The molecule has 0 aliphatic rings. The first-order valence-electron chi connectivity index (χ1n) is 6.31. The lowest BCUT2D eigenvalue weighted by atomic mass is 10.1. The Hall–Kier alpha value is -2.29. The molecule has 0 aliphatic heterocycles. The number of nitrogens with one attached hydrogen (secondary N) is 1. The topological polar surface area (TPSA) is 66.4 Å². The van der Waals surface area contributed by atoms with Crippen molar-refractivity contribution in [2.75, 3.05) is 11.3 Å². The van der Waals surface area contributed by atoms with Crippen molar-refractivity contribution in [3.8, 4) is 11.8 Å². The van der Waals surface area contributed by atoms with Gasteiger partial charge in [-0.1, -0.05) is 30.0 Å². The summed E-state index contributed by atoms with van der Waals surface area (Å²) in [6, 6.07) is 13.3. The largest absolute Gasteiger partial charge is 0.384 e. The average molecular weight is 301 g/mol. The first-order chi connectivity index (χ1) is 10.0. The molecule has 0 saturated carbocycles. The van der Waals surface area contributed by atoms with E-state index < -0.39 is 10.0 Å². The van der Waals surface area contributed by atoms with Crippen molar-refractivity contribution in [2.45, 2.75) is 11.8 Å². The van der Waals surface area contributed by atoms with Crippen LogP contribution in [0.3, 0.4) is 0 Å². The summed E-state index contributed by atoms with van der Waals surface area (Å²) in [5.74, 6) is 5.33. The number of rotatable bonds is 3. The van der Waals surface area contributed by atoms with Gasteiger partial charge >= 0.3 is 0 Å². The van der Waals surface area contributed by atoms with E-state index in [4.69, 9.17) is 5.11 Å². The predicted molar refractivity (Wildman–Crippen MR) is 82.4 cm³/mol. The van der Waals surface area contributed by atoms with E-state index in [9.17, 15) is 8.42 Å². The van der Waals surface area contributed by atoms with Crippen molar-refractivity contribution in [2.24, 2.45) is 0 Å². The Kier molecular flexibility index (Phi) is 4.63. The first-order valence-corrected chi connectivity index (χ1v) is 7.79. The molecule has 108 valence electrons. The van der Waals surface area contributed by atoms with Crippen LogP contribution in [0.25, 0.3) is 0 Å². The SMILES string of the molecule is Cc1cc(C#CCO)ccc1NS(=O)(=O)c1ccccc1. The summed E-state index contributed by atoms with van der Waals surface area (Å²) in [4.78, 5) is 0.216. The quantitative estimate of drug-likeness (QED) is 0.854. The second-order valence-electron chi connectivity index (χ2n) is 4.41. The van der Waals surface area contributed by atoms with Crippen LogP contribution in [-0.4, -0.2) is 20.1 Å². The van der Waals surface area contributed by atoms with E-state index in [1.165, 1.54) is 0 Å². The van der Waals surface area contributed by atoms with Crippen molar-refractivity contribution in [1.29, 1.82) is 0 Å². The fourth-order valence-electron chi connectivity index (χ4n) is 1.80. The average Bonchev–Trinajstić information content (AvgIpc) is 2.48. The van der Waals surface area contributed by atoms with Crippen LogP contribution in [0.15, 0.2) is 53.4 Å². The van der Waals surface area contributed by atoms with Gasteiger partial charge < -0.3 is 5.11 Å². The van der Waals surface area contributed by atoms with E-state index in [2.05, 4.69) is 16.6 Å². The molecule has 0 amide bonds. The van der Waals surface area contributed by atoms with Gasteiger partial charge in [-0.15, -0.1) is 0 Å². The van der Waals surface area contributed by atoms with Gasteiger partial charge in [0, 0.05) is 5.56 Å². The molecule has 2 N–H and O–H groups in total. The van der Waals surface area contributed by atoms with Crippen molar-refractivity contribution >= 4 is 15.7 Å². The molecule has 0 spiro atoms. The monoisotopic (exact) mass is 301 g/mol. The highest BCUT2D eigenvalue weighted by Crippen LogP contribution is 2.20. The third kappa shape index (κ3) is 3.85. The molecule has 21 heavy (non-hydrogen) atoms. The van der Waals surface area contributed by atoms with Gasteiger partial charge in [0.05, 0.1) is 10.6 Å². The Bertz CT molecular complexity index is 787. The van der Waals surface area contributed by atoms with Crippen LogP contribution in [0.4, 0.5) is 5.69 Å². The minimum atomic E-state index is -3.59. The Labute approximate surface area is 124 Å². The molecule has 2 rings (SSSR count). The summed E-state index contributed by atoms with van der Waals surface area (Å²) < 4.78 is 27.0. The van der Waals surface area contributed by atoms with Crippen molar-refractivity contribution in [3.63, 3.8) is 0 Å². The molecule has 0 atom stereocenters. The highest BCUT2D eigenvalue weighted by Gasteiger charge is 2.14. The van der Waals surface area contributed by atoms with E-state index >= 15 is 0 Å². The maximum absolute atomic E-state index is 12.2. The van der Waals surface area contributed by atoms with Crippen LogP contribution >= 0.6 is 0 Å². The zero-order valence-corrected chi connectivity index (χ0v) is 12.3. The van der Waals surface area contributed by atoms with Gasteiger partial charge in [0.25, 0.3) is 10.0 Å². The van der Waals surface area contributed by atoms with Gasteiger partial charge in [0.2, 0.25) is 0 Å². The molecular weight excluding hydrogens is 286 g/mol. The predicted octanol–water partition coefficient (Wildman–Crippen LogP) is 2.14. The molecule has 0 heterocycles. The molecule has 0 aromatic heterocycles. The van der Waals surface area contributed by atoms with Crippen LogP contribution in [0, 0.1) is 18.8 Å². The molecule has 0 aliphatic carbocycles. The summed E-state index contributed by atoms with van der Waals surface area (Å²) in [6.45, 7) is 1.59. The van der Waals surface area contributed by atoms with Gasteiger partial charge in [-0.2, -0.15) is 0 Å². The number of aliphatic hydroxyl groups is 1. The van der Waals surface area contributed by atoms with E-state index in [-0.39, 0.29) is 11.5 Å². The third-order valence-corrected chi connectivity index (χ3v) is 4.22. The normalized spacial score (nSPS) is 10.6. The maximum atomic E-state index is 12.2. The molecule has 0 radical (unpaired) electrons. The van der Waals surface area contributed by atoms with Gasteiger partial charge in [0.1, 0.15) is 6.61 Å². The fraction of sp³-hybridized carbons (Fsp3) is 0.125. The smallest absolute Gasteiger partial charge is 0.261 e. The lowest BCUT2D eigenvalue weighted by Crippen LogP contribution is -2.13. The van der Waals surface area contributed by atoms with E-state index in [0.717, 1.165) is 11.1 Å². The summed E-state index contributed by atoms with van der Waals surface area (Å²) >= 11 is 0. The Morgan fingerprint density at radius 2 is 1.86 bits per heavy atom. The number of aryl methyl sites for hydroxylation is 1. The van der Waals surface area contributed by atoms with Crippen LogP contribution in [-0.2, 0) is 10.0 Å². The zero-order chi connectivity index (χ0) is 15.3. The molecule has 4 nitrogen and oxygen atoms in total. The van der Waals surface area contributed by atoms with Crippen molar-refractivity contribution in [3.05, 3.63) is 59.7 Å². The van der Waals surface area contributed by atoms with Crippen LogP contribution in [0.2, 0.25) is 0 Å². The number of hydrogen-bond donors (Lipinski definition) is 2. The Morgan fingerprint density at radius 3 is 2.48 bits per heavy atom. The summed E-state index contributed by atoms with van der Waals surface area (Å²) in [5.41, 5.74) is 2.00. The van der Waals surface area contributed by atoms with E-state index in [1.807, 2.05) is 0 Å². The van der Waals surface area contributed by atoms with Crippen molar-refractivity contribution < 1.29 is 13.5 Å². The minimum Gasteiger partial charge on any atom is -0.384 e. The molecule has 0 bridgehead atoms. The maximum Gasteiger partial charge on any atom is 0.261 e. The summed E-state index contributed by atoms with van der Waals surface area (Å²) in [5, 5.41) is 8.67. The van der Waals surface area contributed by atoms with Gasteiger partial charge in [-0.05, 0) is 42.8 Å². The first kappa shape index (κ1) is 15.1. The second kappa shape index (κ2) is 6.44. The second-order valence-corrected chi connectivity index (χ2v) is 6.09. The highest BCUT2D eigenvalue weighted by molar-refractivity contribution is 7.92. The molecule has 2 aromatic carbocycles. The van der Waals surface area contributed by atoms with Crippen molar-refractivity contribution in [1.82, 2.24) is 0 Å². The van der Waals surface area contributed by atoms with Gasteiger partial charge in [-0.25, -0.2) is 8.42 Å². The number of benzene rings is 2. The molecule has 0 unspecified atom stereocenters. The number of aliphatic hydroxyl groups excluding tert-OH is 1. The lowest BCUT2D eigenvalue weighted by Gasteiger charge is -2.10. The number of anilines is 1. The number of hydrogen-bond acceptors (Lipinski definition) is 3. The molecular formula is C16H15NO3S. The standard InChI is InChI=1S/C16H15NO3S/c1-13-12-14(6-5-11-18)9-10-16(13)17-21(19,20)15-7-3-2-4-8-15/h2-4,7-10,12,17-18H,11H2,1H3. The van der Waals surface area contributed by atoms with Crippen LogP contribution < -0.4 is 4.72 Å². The zero-order valence-electron chi connectivity index (χ0n) is 11.5. The number of sulfonamides is 1. The van der Waals surface area contributed by atoms with E-state index in [1.54, 1.807) is 55.5 Å². The molecule has 0 fully saturated rings. The van der Waals surface area contributed by atoms with E-state index in [0.29, 0.717) is 5.69 Å². The Morgan fingerprint density at radius 1 is 1.14 bits per heavy atom. The fourth-order valence-corrected chi connectivity index (χ4v) is 2.95. The van der Waals surface area contributed by atoms with Crippen LogP contribution in [0.1, 0.15) is 11.1 Å². The minimum absolute atomic E-state index is 0.207. The Balaban J connectivity index is 2.28. The lowest BCUT2D eigenvalue weighted by molar-refractivity contribution is 0.350. The third-order valence-electron chi connectivity index (χ3n) is 2.84. The van der Waals surface area contributed by atoms with Crippen LogP contribution in [0.5, 0.6) is 0 Å². The molecule has 2 aromatic rings. The summed E-state index contributed by atoms with van der Waals surface area (Å²) in [7, 11) is -3.59.